The van der Waals surface area contributed by atoms with E-state index in [1.165, 1.54) is 38.5 Å². The molecule has 0 spiro atoms. The summed E-state index contributed by atoms with van der Waals surface area (Å²) in [7, 11) is 0. The van der Waals surface area contributed by atoms with Crippen LogP contribution in [0.5, 0.6) is 0 Å². The summed E-state index contributed by atoms with van der Waals surface area (Å²) in [5.41, 5.74) is 1.74. The molecular weight excluding hydrogens is 412 g/mol. The minimum absolute atomic E-state index is 0.0909. The molecule has 0 aromatic rings. The number of carboxylic acid groups (broad SMARTS) is 1. The number of rotatable bonds is 6. The number of aliphatic carboxylic acids is 1. The van der Waals surface area contributed by atoms with E-state index in [0.29, 0.717) is 47.2 Å². The van der Waals surface area contributed by atoms with Gasteiger partial charge in [-0.25, -0.2) is 0 Å². The molecule has 186 valence electrons. The van der Waals surface area contributed by atoms with Gasteiger partial charge in [0.2, 0.25) is 0 Å². The van der Waals surface area contributed by atoms with Gasteiger partial charge in [-0.1, -0.05) is 32.9 Å². The highest BCUT2D eigenvalue weighted by Gasteiger charge is 2.65. The third-order valence-electron chi connectivity index (χ3n) is 11.8. The zero-order chi connectivity index (χ0) is 23.5. The van der Waals surface area contributed by atoms with Gasteiger partial charge < -0.3 is 14.9 Å². The highest BCUT2D eigenvalue weighted by atomic mass is 16.5. The maximum atomic E-state index is 11.3. The van der Waals surface area contributed by atoms with E-state index in [1.54, 1.807) is 0 Å². The van der Waals surface area contributed by atoms with Crippen molar-refractivity contribution in [1.82, 2.24) is 0 Å². The molecule has 1 heterocycles. The molecule has 3 unspecified atom stereocenters. The van der Waals surface area contributed by atoms with Gasteiger partial charge in [0, 0.05) is 6.42 Å². The van der Waals surface area contributed by atoms with Crippen molar-refractivity contribution in [3.8, 4) is 0 Å². The van der Waals surface area contributed by atoms with Crippen LogP contribution in [0.3, 0.4) is 0 Å². The summed E-state index contributed by atoms with van der Waals surface area (Å²) in [6.45, 7) is 11.7. The van der Waals surface area contributed by atoms with Crippen LogP contribution in [0.1, 0.15) is 91.4 Å². The van der Waals surface area contributed by atoms with Crippen LogP contribution in [-0.2, 0) is 9.53 Å². The first-order valence-corrected chi connectivity index (χ1v) is 13.8. The van der Waals surface area contributed by atoms with E-state index in [9.17, 15) is 15.0 Å². The summed E-state index contributed by atoms with van der Waals surface area (Å²) in [6, 6.07) is 0. The van der Waals surface area contributed by atoms with Crippen molar-refractivity contribution in [3.63, 3.8) is 0 Å². The van der Waals surface area contributed by atoms with Crippen molar-refractivity contribution in [1.29, 1.82) is 0 Å². The first kappa shape index (κ1) is 23.9. The van der Waals surface area contributed by atoms with Crippen molar-refractivity contribution in [2.24, 2.45) is 52.3 Å². The molecule has 5 rings (SSSR count). The zero-order valence-corrected chi connectivity index (χ0v) is 21.1. The van der Waals surface area contributed by atoms with E-state index in [-0.39, 0.29) is 6.61 Å². The number of hydrogen-bond acceptors (Lipinski definition) is 3. The number of fused-ring (bicyclic) bond motifs is 7. The minimum Gasteiger partial charge on any atom is -0.481 e. The van der Waals surface area contributed by atoms with E-state index in [2.05, 4.69) is 27.4 Å². The molecule has 0 radical (unpaired) electrons. The number of carbonyl (C=O) groups is 1. The molecule has 0 aromatic heterocycles. The van der Waals surface area contributed by atoms with Crippen molar-refractivity contribution >= 4 is 5.97 Å². The third kappa shape index (κ3) is 3.82. The Morgan fingerprint density at radius 1 is 1.06 bits per heavy atom. The van der Waals surface area contributed by atoms with Crippen LogP contribution in [-0.4, -0.2) is 35.0 Å². The number of aliphatic hydroxyl groups excluding tert-OH is 1. The van der Waals surface area contributed by atoms with Crippen molar-refractivity contribution < 1.29 is 19.7 Å². The molecular formula is C29H46O4. The van der Waals surface area contributed by atoms with Gasteiger partial charge in [0.25, 0.3) is 0 Å². The molecule has 4 aliphatic carbocycles. The smallest absolute Gasteiger partial charge is 0.303 e. The van der Waals surface area contributed by atoms with Gasteiger partial charge in [0.05, 0.1) is 18.8 Å². The van der Waals surface area contributed by atoms with Crippen LogP contribution in [0.2, 0.25) is 0 Å². The van der Waals surface area contributed by atoms with Gasteiger partial charge in [0.15, 0.2) is 0 Å². The molecule has 33 heavy (non-hydrogen) atoms. The zero-order valence-electron chi connectivity index (χ0n) is 21.1. The van der Waals surface area contributed by atoms with Gasteiger partial charge in [-0.15, -0.1) is 0 Å². The van der Waals surface area contributed by atoms with Crippen LogP contribution in [0.15, 0.2) is 12.2 Å². The fourth-order valence-electron chi connectivity index (χ4n) is 10.2. The molecule has 5 fully saturated rings. The average Bonchev–Trinajstić information content (AvgIpc) is 3.25. The van der Waals surface area contributed by atoms with Crippen LogP contribution in [0.4, 0.5) is 0 Å². The molecule has 1 saturated heterocycles. The summed E-state index contributed by atoms with van der Waals surface area (Å²) in [4.78, 5) is 11.3. The molecule has 0 bridgehead atoms. The second-order valence-corrected chi connectivity index (χ2v) is 13.2. The lowest BCUT2D eigenvalue weighted by atomic mass is 9.44. The molecule has 4 saturated carbocycles. The molecule has 1 aliphatic heterocycles. The van der Waals surface area contributed by atoms with Crippen LogP contribution < -0.4 is 0 Å². The van der Waals surface area contributed by atoms with Gasteiger partial charge in [-0.05, 0) is 116 Å². The average molecular weight is 459 g/mol. The number of hydrogen-bond donors (Lipinski definition) is 2. The second-order valence-electron chi connectivity index (χ2n) is 13.2. The van der Waals surface area contributed by atoms with Crippen LogP contribution in [0, 0.1) is 52.3 Å². The maximum Gasteiger partial charge on any atom is 0.303 e. The van der Waals surface area contributed by atoms with Crippen molar-refractivity contribution in [2.45, 2.75) is 104 Å². The Balaban J connectivity index is 1.29. The van der Waals surface area contributed by atoms with Gasteiger partial charge in [0.1, 0.15) is 0 Å². The second kappa shape index (κ2) is 8.66. The Morgan fingerprint density at radius 3 is 2.55 bits per heavy atom. The van der Waals surface area contributed by atoms with E-state index >= 15 is 0 Å². The minimum atomic E-state index is -0.615. The lowest BCUT2D eigenvalue weighted by molar-refractivity contribution is -0.142. The highest BCUT2D eigenvalue weighted by Crippen LogP contribution is 2.70. The quantitative estimate of drug-likeness (QED) is 0.474. The molecule has 2 N–H and O–H groups in total. The Bertz CT molecular complexity index is 778. The highest BCUT2D eigenvalue weighted by molar-refractivity contribution is 5.67. The summed E-state index contributed by atoms with van der Waals surface area (Å²) >= 11 is 0. The SMILES string of the molecule is C=C(CO)CCC1O[C@H]2C[C@H]3[C@@H]4CCC5CC(CC(=O)O)CC[C@]5(C)[C@H]4CC[C@]3(C)[C@H]2[C@@H]1C. The van der Waals surface area contributed by atoms with Crippen molar-refractivity contribution in [2.75, 3.05) is 6.61 Å². The first-order valence-electron chi connectivity index (χ1n) is 13.8. The number of carboxylic acids is 1. The van der Waals surface area contributed by atoms with Gasteiger partial charge in [-0.3, -0.25) is 4.79 Å². The van der Waals surface area contributed by atoms with Gasteiger partial charge >= 0.3 is 5.97 Å². The fraction of sp³-hybridized carbons (Fsp3) is 0.897. The predicted molar refractivity (Wildman–Crippen MR) is 130 cm³/mol. The number of aliphatic hydroxyl groups is 1. The fourth-order valence-corrected chi connectivity index (χ4v) is 10.2. The molecule has 0 amide bonds. The van der Waals surface area contributed by atoms with Crippen LogP contribution >= 0.6 is 0 Å². The molecule has 5 aliphatic rings. The number of ether oxygens (including phenoxy) is 1. The van der Waals surface area contributed by atoms with Gasteiger partial charge in [-0.2, -0.15) is 0 Å². The maximum absolute atomic E-state index is 11.3. The third-order valence-corrected chi connectivity index (χ3v) is 11.8. The Morgan fingerprint density at radius 2 is 1.82 bits per heavy atom. The Hall–Kier alpha value is -0.870. The van der Waals surface area contributed by atoms with E-state index in [0.717, 1.165) is 54.9 Å². The van der Waals surface area contributed by atoms with Crippen molar-refractivity contribution in [3.05, 3.63) is 12.2 Å². The summed E-state index contributed by atoms with van der Waals surface area (Å²) < 4.78 is 6.73. The summed E-state index contributed by atoms with van der Waals surface area (Å²) in [5, 5.41) is 18.6. The lowest BCUT2D eigenvalue weighted by Gasteiger charge is -2.61. The Labute approximate surface area is 200 Å². The molecule has 0 aromatic carbocycles. The summed E-state index contributed by atoms with van der Waals surface area (Å²) in [5.74, 6) is 4.20. The lowest BCUT2D eigenvalue weighted by Crippen LogP contribution is -2.54. The largest absolute Gasteiger partial charge is 0.481 e. The predicted octanol–water partition coefficient (Wildman–Crippen LogP) is 6.08. The van der Waals surface area contributed by atoms with E-state index < -0.39 is 5.97 Å². The normalized spacial score (nSPS) is 50.7. The Kier molecular flexibility index (Phi) is 6.26. The summed E-state index contributed by atoms with van der Waals surface area (Å²) in [6.07, 6.45) is 13.0. The molecule has 11 atom stereocenters. The first-order chi connectivity index (χ1) is 15.7. The molecule has 4 heteroatoms. The van der Waals surface area contributed by atoms with E-state index in [1.807, 2.05) is 0 Å². The van der Waals surface area contributed by atoms with E-state index in [4.69, 9.17) is 4.74 Å². The molecule has 4 nitrogen and oxygen atoms in total. The topological polar surface area (TPSA) is 66.8 Å². The van der Waals surface area contributed by atoms with Crippen LogP contribution in [0.25, 0.3) is 0 Å². The standard InChI is InChI=1S/C29H46O4/c1-17(16-30)5-8-24-18(2)27-25(33-24)15-23-21-7-6-20-13-19(14-26(31)32)9-11-28(20,3)22(21)10-12-29(23,27)4/h18-25,27,30H,1,5-16H2,2-4H3,(H,31,32)/t18-,19?,20?,21-,22+,23+,24?,25+,27+,28+,29+/m1/s1. The monoisotopic (exact) mass is 458 g/mol.